The highest BCUT2D eigenvalue weighted by Gasteiger charge is 2.31. The van der Waals surface area contributed by atoms with Gasteiger partial charge in [0.25, 0.3) is 0 Å². The largest absolute Gasteiger partial charge is 0.327 e. The standard InChI is InChI=1S/C19H26N4OS/c1-14-13-18(23(21-14)15(2)16-9-10-16)20-19(24)22(3)11-12-25-17-7-5-4-6-8-17/h4-8,13,15-16H,9-12H2,1-3H3,(H,20,24)/t15-/m1/s1. The molecule has 1 aliphatic carbocycles. The molecule has 2 amide bonds. The van der Waals surface area contributed by atoms with Crippen molar-refractivity contribution in [2.75, 3.05) is 24.7 Å². The first-order valence-corrected chi connectivity index (χ1v) is 9.79. The monoisotopic (exact) mass is 358 g/mol. The average molecular weight is 359 g/mol. The van der Waals surface area contributed by atoms with Gasteiger partial charge in [0.15, 0.2) is 0 Å². The number of thioether (sulfide) groups is 1. The predicted octanol–water partition coefficient (Wildman–Crippen LogP) is 4.42. The second-order valence-corrected chi connectivity index (χ2v) is 7.88. The molecule has 0 saturated heterocycles. The Kier molecular flexibility index (Phi) is 5.68. The number of hydrogen-bond donors (Lipinski definition) is 1. The van der Waals surface area contributed by atoms with Crippen LogP contribution in [0.3, 0.4) is 0 Å². The summed E-state index contributed by atoms with van der Waals surface area (Å²) in [6.45, 7) is 4.84. The molecule has 0 aliphatic heterocycles. The van der Waals surface area contributed by atoms with Gasteiger partial charge in [-0.15, -0.1) is 11.8 Å². The van der Waals surface area contributed by atoms with Crippen LogP contribution in [0.15, 0.2) is 41.3 Å². The number of nitrogens with zero attached hydrogens (tertiary/aromatic N) is 3. The summed E-state index contributed by atoms with van der Waals surface area (Å²) in [6, 6.07) is 12.4. The van der Waals surface area contributed by atoms with Crippen LogP contribution in [0, 0.1) is 12.8 Å². The third-order valence-corrected chi connectivity index (χ3v) is 5.56. The fraction of sp³-hybridized carbons (Fsp3) is 0.474. The van der Waals surface area contributed by atoms with E-state index < -0.39 is 0 Å². The number of rotatable bonds is 7. The second kappa shape index (κ2) is 7.95. The van der Waals surface area contributed by atoms with Crippen LogP contribution in [-0.2, 0) is 0 Å². The van der Waals surface area contributed by atoms with Crippen LogP contribution < -0.4 is 5.32 Å². The van der Waals surface area contributed by atoms with Gasteiger partial charge in [-0.05, 0) is 44.7 Å². The number of benzene rings is 1. The van der Waals surface area contributed by atoms with Crippen LogP contribution in [0.25, 0.3) is 0 Å². The van der Waals surface area contributed by atoms with Gasteiger partial charge in [-0.1, -0.05) is 18.2 Å². The number of amides is 2. The third-order valence-electron chi connectivity index (χ3n) is 4.57. The van der Waals surface area contributed by atoms with Gasteiger partial charge in [-0.3, -0.25) is 5.32 Å². The lowest BCUT2D eigenvalue weighted by molar-refractivity contribution is 0.224. The molecule has 1 aliphatic rings. The van der Waals surface area contributed by atoms with Gasteiger partial charge in [0.1, 0.15) is 5.82 Å². The van der Waals surface area contributed by atoms with E-state index in [9.17, 15) is 4.79 Å². The molecule has 1 fully saturated rings. The maximum atomic E-state index is 12.5. The third kappa shape index (κ3) is 4.78. The molecule has 1 saturated carbocycles. The van der Waals surface area contributed by atoms with E-state index in [1.807, 2.05) is 42.9 Å². The van der Waals surface area contributed by atoms with Gasteiger partial charge < -0.3 is 4.90 Å². The smallest absolute Gasteiger partial charge is 0.322 e. The quantitative estimate of drug-likeness (QED) is 0.746. The van der Waals surface area contributed by atoms with Gasteiger partial charge in [0.2, 0.25) is 0 Å². The number of urea groups is 1. The van der Waals surface area contributed by atoms with Crippen LogP contribution in [0.2, 0.25) is 0 Å². The second-order valence-electron chi connectivity index (χ2n) is 6.71. The molecule has 1 N–H and O–H groups in total. The Balaban J connectivity index is 1.53. The van der Waals surface area contributed by atoms with Crippen molar-refractivity contribution in [3.05, 3.63) is 42.1 Å². The van der Waals surface area contributed by atoms with E-state index in [0.29, 0.717) is 18.5 Å². The molecular formula is C19H26N4OS. The highest BCUT2D eigenvalue weighted by atomic mass is 32.2. The van der Waals surface area contributed by atoms with Gasteiger partial charge in [0, 0.05) is 30.3 Å². The molecule has 25 heavy (non-hydrogen) atoms. The van der Waals surface area contributed by atoms with E-state index in [2.05, 4.69) is 29.5 Å². The zero-order chi connectivity index (χ0) is 17.8. The van der Waals surface area contributed by atoms with Crippen molar-refractivity contribution in [3.63, 3.8) is 0 Å². The van der Waals surface area contributed by atoms with E-state index in [0.717, 1.165) is 17.3 Å². The minimum absolute atomic E-state index is 0.0854. The molecule has 1 heterocycles. The molecule has 0 bridgehead atoms. The first-order chi connectivity index (χ1) is 12.0. The summed E-state index contributed by atoms with van der Waals surface area (Å²) in [5.74, 6) is 2.35. The van der Waals surface area contributed by atoms with E-state index in [4.69, 9.17) is 0 Å². The molecule has 5 nitrogen and oxygen atoms in total. The molecule has 0 spiro atoms. The lowest BCUT2D eigenvalue weighted by atomic mass is 10.2. The summed E-state index contributed by atoms with van der Waals surface area (Å²) in [6.07, 6.45) is 2.51. The van der Waals surface area contributed by atoms with Gasteiger partial charge >= 0.3 is 6.03 Å². The highest BCUT2D eigenvalue weighted by Crippen LogP contribution is 2.40. The van der Waals surface area contributed by atoms with E-state index in [1.165, 1.54) is 17.7 Å². The first-order valence-electron chi connectivity index (χ1n) is 8.80. The number of hydrogen-bond acceptors (Lipinski definition) is 3. The lowest BCUT2D eigenvalue weighted by Crippen LogP contribution is -2.34. The Morgan fingerprint density at radius 3 is 2.80 bits per heavy atom. The van der Waals surface area contributed by atoms with Crippen molar-refractivity contribution in [1.29, 1.82) is 0 Å². The summed E-state index contributed by atoms with van der Waals surface area (Å²) in [7, 11) is 1.83. The highest BCUT2D eigenvalue weighted by molar-refractivity contribution is 7.99. The lowest BCUT2D eigenvalue weighted by Gasteiger charge is -2.20. The van der Waals surface area contributed by atoms with E-state index in [-0.39, 0.29) is 6.03 Å². The maximum absolute atomic E-state index is 12.5. The zero-order valence-corrected chi connectivity index (χ0v) is 15.9. The normalized spacial score (nSPS) is 15.0. The SMILES string of the molecule is Cc1cc(NC(=O)N(C)CCSc2ccccc2)n([C@H](C)C2CC2)n1. The number of carbonyl (C=O) groups excluding carboxylic acids is 1. The van der Waals surface area contributed by atoms with Crippen LogP contribution >= 0.6 is 11.8 Å². The van der Waals surface area contributed by atoms with Gasteiger partial charge in [-0.2, -0.15) is 5.10 Å². The number of nitrogens with one attached hydrogen (secondary N) is 1. The Bertz CT molecular complexity index is 711. The minimum atomic E-state index is -0.0854. The molecule has 0 radical (unpaired) electrons. The Morgan fingerprint density at radius 1 is 1.40 bits per heavy atom. The first kappa shape index (κ1) is 17.9. The average Bonchev–Trinajstić information content (AvgIpc) is 3.39. The Hall–Kier alpha value is -1.95. The number of carbonyl (C=O) groups is 1. The van der Waals surface area contributed by atoms with Crippen molar-refractivity contribution < 1.29 is 4.79 Å². The molecule has 134 valence electrons. The fourth-order valence-electron chi connectivity index (χ4n) is 2.82. The van der Waals surface area contributed by atoms with Crippen molar-refractivity contribution in [3.8, 4) is 0 Å². The number of aromatic nitrogens is 2. The minimum Gasteiger partial charge on any atom is -0.327 e. The molecule has 1 atom stereocenters. The molecular weight excluding hydrogens is 332 g/mol. The molecule has 2 aromatic rings. The summed E-state index contributed by atoms with van der Waals surface area (Å²) < 4.78 is 1.97. The predicted molar refractivity (Wildman–Crippen MR) is 103 cm³/mol. The van der Waals surface area contributed by atoms with Crippen LogP contribution in [0.4, 0.5) is 10.6 Å². The van der Waals surface area contributed by atoms with Crippen molar-refractivity contribution in [2.45, 2.75) is 37.6 Å². The fourth-order valence-corrected chi connectivity index (χ4v) is 3.77. The summed E-state index contributed by atoms with van der Waals surface area (Å²) in [5, 5.41) is 7.59. The number of aryl methyl sites for hydroxylation is 1. The summed E-state index contributed by atoms with van der Waals surface area (Å²) in [5.41, 5.74) is 0.935. The maximum Gasteiger partial charge on any atom is 0.322 e. The van der Waals surface area contributed by atoms with Gasteiger partial charge in [0.05, 0.1) is 11.7 Å². The van der Waals surface area contributed by atoms with Crippen LogP contribution in [0.5, 0.6) is 0 Å². The van der Waals surface area contributed by atoms with Crippen LogP contribution in [0.1, 0.15) is 31.5 Å². The Labute approximate surface area is 153 Å². The van der Waals surface area contributed by atoms with E-state index in [1.54, 1.807) is 16.7 Å². The molecule has 1 aromatic carbocycles. The summed E-state index contributed by atoms with van der Waals surface area (Å²) in [4.78, 5) is 15.4. The molecule has 1 aromatic heterocycles. The topological polar surface area (TPSA) is 50.2 Å². The number of anilines is 1. The summed E-state index contributed by atoms with van der Waals surface area (Å²) >= 11 is 1.76. The van der Waals surface area contributed by atoms with Crippen molar-refractivity contribution >= 4 is 23.6 Å². The Morgan fingerprint density at radius 2 is 2.12 bits per heavy atom. The van der Waals surface area contributed by atoms with Gasteiger partial charge in [-0.25, -0.2) is 9.48 Å². The molecule has 6 heteroatoms. The van der Waals surface area contributed by atoms with Crippen molar-refractivity contribution in [2.24, 2.45) is 5.92 Å². The molecule has 0 unspecified atom stereocenters. The zero-order valence-electron chi connectivity index (χ0n) is 15.1. The van der Waals surface area contributed by atoms with Crippen molar-refractivity contribution in [1.82, 2.24) is 14.7 Å². The van der Waals surface area contributed by atoms with Crippen LogP contribution in [-0.4, -0.2) is 40.1 Å². The van der Waals surface area contributed by atoms with E-state index >= 15 is 0 Å². The molecule has 3 rings (SSSR count).